The summed E-state index contributed by atoms with van der Waals surface area (Å²) in [5, 5.41) is 34.5. The van der Waals surface area contributed by atoms with E-state index in [2.05, 4.69) is 45.5 Å². The molecule has 0 aromatic carbocycles. The normalized spacial score (nSPS) is 15.2. The average molecular weight is 294 g/mol. The molecule has 102 valence electrons. The van der Waals surface area contributed by atoms with E-state index >= 15 is 0 Å². The molecule has 0 aliphatic heterocycles. The average Bonchev–Trinajstić information content (AvgIpc) is 2.30. The summed E-state index contributed by atoms with van der Waals surface area (Å²) in [4.78, 5) is 0. The quantitative estimate of drug-likeness (QED) is 0.151. The Kier molecular flexibility index (Phi) is 7.98. The monoisotopic (exact) mass is 294 g/mol. The molecule has 0 saturated heterocycles. The van der Waals surface area contributed by atoms with Crippen LogP contribution in [0.25, 0.3) is 0 Å². The molecule has 0 unspecified atom stereocenters. The van der Waals surface area contributed by atoms with E-state index in [1.807, 2.05) is 0 Å². The smallest absolute Gasteiger partial charge is 0.184 e. The summed E-state index contributed by atoms with van der Waals surface area (Å²) in [7, 11) is 0. The van der Waals surface area contributed by atoms with Crippen molar-refractivity contribution in [3.05, 3.63) is 0 Å². The molecule has 0 spiro atoms. The highest BCUT2D eigenvalue weighted by atomic mass is 32.1. The molecule has 0 aromatic heterocycles. The third-order valence-electron chi connectivity index (χ3n) is 1.52. The maximum Gasteiger partial charge on any atom is 0.184 e. The maximum atomic E-state index is 9.61. The van der Waals surface area contributed by atoms with Gasteiger partial charge in [0.05, 0.1) is 12.8 Å². The highest BCUT2D eigenvalue weighted by Gasteiger charge is 2.20. The SMILES string of the molecule is NC(=S)N/N=C\C(=N/NC(N)=S)[C@@H](O)[C@@H](O)CO. The van der Waals surface area contributed by atoms with Gasteiger partial charge in [0.2, 0.25) is 0 Å². The highest BCUT2D eigenvalue weighted by Crippen LogP contribution is 1.95. The number of aliphatic hydroxyl groups excluding tert-OH is 3. The third kappa shape index (κ3) is 7.03. The number of aliphatic hydroxyl groups is 3. The van der Waals surface area contributed by atoms with Gasteiger partial charge in [0.25, 0.3) is 0 Å². The predicted molar refractivity (Wildman–Crippen MR) is 74.9 cm³/mol. The number of hydrogen-bond acceptors (Lipinski definition) is 7. The van der Waals surface area contributed by atoms with Crippen LogP contribution in [0.3, 0.4) is 0 Å². The molecule has 9 N–H and O–H groups in total. The first kappa shape index (κ1) is 16.6. The topological polar surface area (TPSA) is 162 Å². The first-order valence-electron chi connectivity index (χ1n) is 4.57. The van der Waals surface area contributed by atoms with Crippen molar-refractivity contribution in [2.24, 2.45) is 21.7 Å². The Hall–Kier alpha value is -1.40. The first-order chi connectivity index (χ1) is 8.38. The molecule has 0 bridgehead atoms. The van der Waals surface area contributed by atoms with Gasteiger partial charge in [-0.3, -0.25) is 10.9 Å². The lowest BCUT2D eigenvalue weighted by Crippen LogP contribution is -2.39. The number of rotatable bonds is 6. The number of nitrogens with one attached hydrogen (secondary N) is 2. The summed E-state index contributed by atoms with van der Waals surface area (Å²) in [6, 6.07) is 0. The van der Waals surface area contributed by atoms with Gasteiger partial charge < -0.3 is 26.8 Å². The van der Waals surface area contributed by atoms with E-state index in [-0.39, 0.29) is 15.9 Å². The Morgan fingerprint density at radius 1 is 1.22 bits per heavy atom. The number of nitrogens with zero attached hydrogens (tertiary/aromatic N) is 2. The van der Waals surface area contributed by atoms with Crippen LogP contribution in [0.4, 0.5) is 0 Å². The summed E-state index contributed by atoms with van der Waals surface area (Å²) in [6.45, 7) is -0.663. The molecule has 9 nitrogen and oxygen atoms in total. The van der Waals surface area contributed by atoms with E-state index in [0.29, 0.717) is 0 Å². The van der Waals surface area contributed by atoms with Gasteiger partial charge in [0.15, 0.2) is 10.2 Å². The zero-order chi connectivity index (χ0) is 14.1. The first-order valence-corrected chi connectivity index (χ1v) is 5.38. The summed E-state index contributed by atoms with van der Waals surface area (Å²) in [5.74, 6) is 0. The van der Waals surface area contributed by atoms with Gasteiger partial charge in [-0.2, -0.15) is 10.2 Å². The molecule has 0 aromatic rings. The fraction of sp³-hybridized carbons (Fsp3) is 0.429. The van der Waals surface area contributed by atoms with Crippen molar-refractivity contribution in [3.8, 4) is 0 Å². The number of thiocarbonyl (C=S) groups is 2. The van der Waals surface area contributed by atoms with Gasteiger partial charge in [-0.15, -0.1) is 0 Å². The standard InChI is InChI=1S/C7H14N6O3S2/c8-6(17)12-10-1-3(11-13-7(9)18)5(16)4(15)2-14/h1,4-5,14-16H,2H2,(H3,8,12,17)(H3,9,13,18)/b10-1-,11-3+/t4-,5+/m0/s1. The maximum absolute atomic E-state index is 9.61. The largest absolute Gasteiger partial charge is 0.394 e. The fourth-order valence-electron chi connectivity index (χ4n) is 0.750. The van der Waals surface area contributed by atoms with Crippen LogP contribution in [0.1, 0.15) is 0 Å². The Balaban J connectivity index is 4.81. The molecule has 0 saturated carbocycles. The molecule has 11 heteroatoms. The van der Waals surface area contributed by atoms with Crippen molar-refractivity contribution >= 4 is 46.6 Å². The van der Waals surface area contributed by atoms with E-state index in [4.69, 9.17) is 16.6 Å². The zero-order valence-corrected chi connectivity index (χ0v) is 10.8. The van der Waals surface area contributed by atoms with E-state index in [0.717, 1.165) is 6.21 Å². The Bertz CT molecular complexity index is 361. The molecule has 2 atom stereocenters. The predicted octanol–water partition coefficient (Wildman–Crippen LogP) is -3.29. The second-order valence-electron chi connectivity index (χ2n) is 2.94. The molecule has 18 heavy (non-hydrogen) atoms. The Morgan fingerprint density at radius 2 is 1.78 bits per heavy atom. The Morgan fingerprint density at radius 3 is 2.22 bits per heavy atom. The van der Waals surface area contributed by atoms with Crippen LogP contribution < -0.4 is 22.3 Å². The lowest BCUT2D eigenvalue weighted by molar-refractivity contribution is 0.0191. The van der Waals surface area contributed by atoms with E-state index in [1.54, 1.807) is 0 Å². The highest BCUT2D eigenvalue weighted by molar-refractivity contribution is 7.80. The minimum absolute atomic E-state index is 0.0925. The number of nitrogens with two attached hydrogens (primary N) is 2. The lowest BCUT2D eigenvalue weighted by atomic mass is 10.1. The van der Waals surface area contributed by atoms with Crippen molar-refractivity contribution in [2.45, 2.75) is 12.2 Å². The van der Waals surface area contributed by atoms with Crippen molar-refractivity contribution in [1.29, 1.82) is 0 Å². The lowest BCUT2D eigenvalue weighted by Gasteiger charge is -2.15. The van der Waals surface area contributed by atoms with Gasteiger partial charge in [-0.05, 0) is 24.4 Å². The molecular formula is C7H14N6O3S2. The van der Waals surface area contributed by atoms with Gasteiger partial charge >= 0.3 is 0 Å². The third-order valence-corrected chi connectivity index (χ3v) is 1.70. The molecule has 0 amide bonds. The second kappa shape index (κ2) is 8.66. The number of hydrogen-bond donors (Lipinski definition) is 7. The molecule has 0 aliphatic rings. The van der Waals surface area contributed by atoms with Gasteiger partial charge in [-0.1, -0.05) is 0 Å². The van der Waals surface area contributed by atoms with Crippen LogP contribution in [0.15, 0.2) is 10.2 Å². The fourth-order valence-corrected chi connectivity index (χ4v) is 0.848. The van der Waals surface area contributed by atoms with Crippen LogP contribution in [0, 0.1) is 0 Å². The van der Waals surface area contributed by atoms with Crippen molar-refractivity contribution in [3.63, 3.8) is 0 Å². The minimum atomic E-state index is -1.49. The van der Waals surface area contributed by atoms with Crippen LogP contribution in [-0.4, -0.2) is 56.3 Å². The Labute approximate surface area is 114 Å². The van der Waals surface area contributed by atoms with E-state index in [1.165, 1.54) is 0 Å². The summed E-state index contributed by atoms with van der Waals surface area (Å²) in [6.07, 6.45) is -1.89. The van der Waals surface area contributed by atoms with Crippen molar-refractivity contribution in [1.82, 2.24) is 10.9 Å². The summed E-state index contributed by atoms with van der Waals surface area (Å²) in [5.41, 5.74) is 14.6. The minimum Gasteiger partial charge on any atom is -0.394 e. The van der Waals surface area contributed by atoms with Crippen LogP contribution in [-0.2, 0) is 0 Å². The molecular weight excluding hydrogens is 280 g/mol. The molecule has 0 fully saturated rings. The summed E-state index contributed by atoms with van der Waals surface area (Å²) >= 11 is 9.01. The molecule has 0 aliphatic carbocycles. The van der Waals surface area contributed by atoms with Crippen LogP contribution in [0.2, 0.25) is 0 Å². The van der Waals surface area contributed by atoms with E-state index < -0.39 is 18.8 Å². The zero-order valence-electron chi connectivity index (χ0n) is 9.15. The van der Waals surface area contributed by atoms with Gasteiger partial charge in [-0.25, -0.2) is 0 Å². The molecule has 0 radical (unpaired) electrons. The number of hydrazone groups is 2. The van der Waals surface area contributed by atoms with Crippen molar-refractivity contribution < 1.29 is 15.3 Å². The van der Waals surface area contributed by atoms with E-state index in [9.17, 15) is 10.2 Å². The second-order valence-corrected chi connectivity index (χ2v) is 3.82. The van der Waals surface area contributed by atoms with Gasteiger partial charge in [0, 0.05) is 0 Å². The molecule has 0 rings (SSSR count). The van der Waals surface area contributed by atoms with Crippen molar-refractivity contribution in [2.75, 3.05) is 6.61 Å². The summed E-state index contributed by atoms with van der Waals surface area (Å²) < 4.78 is 0. The van der Waals surface area contributed by atoms with Crippen LogP contribution in [0.5, 0.6) is 0 Å². The molecule has 0 heterocycles. The van der Waals surface area contributed by atoms with Crippen LogP contribution >= 0.6 is 24.4 Å². The van der Waals surface area contributed by atoms with Gasteiger partial charge in [0.1, 0.15) is 17.9 Å².